The summed E-state index contributed by atoms with van der Waals surface area (Å²) in [6, 6.07) is 3.92. The zero-order chi connectivity index (χ0) is 19.7. The number of nitro benzene ring substituents is 1. The third-order valence-electron chi connectivity index (χ3n) is 3.16. The third kappa shape index (κ3) is 7.03. The molecule has 0 fully saturated rings. The van der Waals surface area contributed by atoms with Gasteiger partial charge < -0.3 is 19.9 Å². The second kappa shape index (κ2) is 10.8. The number of nitrogens with one attached hydrogen (secondary N) is 1. The van der Waals surface area contributed by atoms with E-state index in [2.05, 4.69) is 5.32 Å². The molecule has 0 bridgehead atoms. The minimum Gasteiger partial charge on any atom is -0.434 e. The van der Waals surface area contributed by atoms with Crippen molar-refractivity contribution in [3.8, 4) is 0 Å². The van der Waals surface area contributed by atoms with Crippen LogP contribution in [0, 0.1) is 10.1 Å². The fraction of sp³-hybridized carbons (Fsp3) is 0.467. The molecule has 0 spiro atoms. The predicted molar refractivity (Wildman–Crippen MR) is 93.1 cm³/mol. The number of nitrogens with zero attached hydrogens (tertiary/aromatic N) is 1. The van der Waals surface area contributed by atoms with Gasteiger partial charge in [-0.2, -0.15) is 0 Å². The van der Waals surface area contributed by atoms with E-state index in [9.17, 15) is 24.8 Å². The Hall–Kier alpha value is -2.10. The van der Waals surface area contributed by atoms with Crippen molar-refractivity contribution < 1.29 is 29.1 Å². The van der Waals surface area contributed by atoms with Crippen LogP contribution in [0.15, 0.2) is 24.3 Å². The summed E-state index contributed by atoms with van der Waals surface area (Å²) in [6.07, 6.45) is -1.71. The van der Waals surface area contributed by atoms with Gasteiger partial charge in [0.25, 0.3) is 11.6 Å². The molecule has 0 heterocycles. The Kier molecular flexibility index (Phi) is 9.11. The third-order valence-corrected chi connectivity index (χ3v) is 3.55. The van der Waals surface area contributed by atoms with Crippen LogP contribution in [-0.4, -0.2) is 46.2 Å². The lowest BCUT2D eigenvalue weighted by molar-refractivity contribution is -0.384. The molecular weight excluding hydrogens is 391 g/mol. The fourth-order valence-electron chi connectivity index (χ4n) is 1.87. The first-order valence-electron chi connectivity index (χ1n) is 7.56. The summed E-state index contributed by atoms with van der Waals surface area (Å²) in [5.41, 5.74) is 0.0922. The zero-order valence-electron chi connectivity index (χ0n) is 13.8. The van der Waals surface area contributed by atoms with E-state index in [0.717, 1.165) is 0 Å². The normalized spacial score (nSPS) is 13.0. The number of halogens is 2. The maximum atomic E-state index is 11.7. The van der Waals surface area contributed by atoms with E-state index in [0.29, 0.717) is 6.42 Å². The maximum Gasteiger partial charge on any atom is 0.508 e. The van der Waals surface area contributed by atoms with Crippen LogP contribution in [0.3, 0.4) is 0 Å². The van der Waals surface area contributed by atoms with Crippen molar-refractivity contribution >= 4 is 41.0 Å². The number of rotatable bonds is 9. The Balaban J connectivity index is 2.85. The first-order valence-corrected chi connectivity index (χ1v) is 8.44. The molecule has 0 aliphatic heterocycles. The van der Waals surface area contributed by atoms with Crippen LogP contribution < -0.4 is 5.32 Å². The number of amides is 1. The van der Waals surface area contributed by atoms with Gasteiger partial charge in [0.2, 0.25) is 0 Å². The first-order chi connectivity index (χ1) is 12.3. The number of benzene rings is 1. The molecule has 2 atom stereocenters. The Labute approximate surface area is 159 Å². The highest BCUT2D eigenvalue weighted by Crippen LogP contribution is 2.21. The van der Waals surface area contributed by atoms with E-state index in [1.165, 1.54) is 24.3 Å². The van der Waals surface area contributed by atoms with Crippen molar-refractivity contribution in [3.63, 3.8) is 0 Å². The topological polar surface area (TPSA) is 128 Å². The Morgan fingerprint density at radius 2 is 1.88 bits per heavy atom. The summed E-state index contributed by atoms with van der Waals surface area (Å²) in [6.45, 7) is 1.54. The number of non-ortho nitro benzene ring substituents is 1. The lowest BCUT2D eigenvalue weighted by Gasteiger charge is -2.24. The summed E-state index contributed by atoms with van der Waals surface area (Å²) in [5.74, 6) is -0.801. The molecule has 9 nitrogen and oxygen atoms in total. The van der Waals surface area contributed by atoms with Gasteiger partial charge in [-0.15, -0.1) is 0 Å². The minimum absolute atomic E-state index is 0.159. The van der Waals surface area contributed by atoms with E-state index in [1.807, 2.05) is 0 Å². The van der Waals surface area contributed by atoms with Crippen LogP contribution in [0.4, 0.5) is 10.5 Å². The number of aliphatic hydroxyl groups excluding tert-OH is 1. The van der Waals surface area contributed by atoms with Crippen LogP contribution in [0.5, 0.6) is 0 Å². The first kappa shape index (κ1) is 21.9. The average molecular weight is 409 g/mol. The summed E-state index contributed by atoms with van der Waals surface area (Å²) in [4.78, 5) is 31.8. The standard InChI is InChI=1S/C15H18Cl2N2O7/c1-2-7-25-15(22)26-8-11(18-14(21)13(16)17)12(20)9-3-5-10(6-4-9)19(23)24/h3-6,11-13,20H,2,7-8H2,1H3,(H,18,21)/t11-,12-/m1/s1. The molecule has 0 aliphatic carbocycles. The molecule has 11 heteroatoms. The van der Waals surface area contributed by atoms with Crippen molar-refractivity contribution in [3.05, 3.63) is 39.9 Å². The molecule has 0 aliphatic rings. The van der Waals surface area contributed by atoms with Gasteiger partial charge in [-0.25, -0.2) is 4.79 Å². The molecule has 2 N–H and O–H groups in total. The van der Waals surface area contributed by atoms with Crippen LogP contribution in [-0.2, 0) is 14.3 Å². The smallest absolute Gasteiger partial charge is 0.434 e. The summed E-state index contributed by atoms with van der Waals surface area (Å²) in [5, 5.41) is 23.5. The summed E-state index contributed by atoms with van der Waals surface area (Å²) in [7, 11) is 0. The molecule has 1 aromatic rings. The fourth-order valence-corrected chi connectivity index (χ4v) is 1.99. The molecular formula is C15H18Cl2N2O7. The number of hydrogen-bond acceptors (Lipinski definition) is 7. The number of ether oxygens (including phenoxy) is 2. The van der Waals surface area contributed by atoms with Gasteiger partial charge in [-0.1, -0.05) is 30.1 Å². The van der Waals surface area contributed by atoms with Gasteiger partial charge in [0.05, 0.1) is 17.6 Å². The van der Waals surface area contributed by atoms with Crippen molar-refractivity contribution in [1.82, 2.24) is 5.32 Å². The molecule has 0 radical (unpaired) electrons. The van der Waals surface area contributed by atoms with E-state index >= 15 is 0 Å². The van der Waals surface area contributed by atoms with Gasteiger partial charge in [0.1, 0.15) is 12.7 Å². The highest BCUT2D eigenvalue weighted by Gasteiger charge is 2.27. The number of hydrogen-bond donors (Lipinski definition) is 2. The number of nitro groups is 1. The van der Waals surface area contributed by atoms with Crippen molar-refractivity contribution in [2.45, 2.75) is 30.3 Å². The lowest BCUT2D eigenvalue weighted by Crippen LogP contribution is -2.45. The van der Waals surface area contributed by atoms with Gasteiger partial charge >= 0.3 is 6.16 Å². The van der Waals surface area contributed by atoms with E-state index in [1.54, 1.807) is 6.92 Å². The molecule has 0 aromatic heterocycles. The van der Waals surface area contributed by atoms with E-state index in [-0.39, 0.29) is 17.9 Å². The summed E-state index contributed by atoms with van der Waals surface area (Å²) < 4.78 is 9.60. The van der Waals surface area contributed by atoms with Crippen molar-refractivity contribution in [2.75, 3.05) is 13.2 Å². The summed E-state index contributed by atoms with van der Waals surface area (Å²) >= 11 is 10.9. The Bertz CT molecular complexity index is 625. The second-order valence-corrected chi connectivity index (χ2v) is 6.21. The molecule has 26 heavy (non-hydrogen) atoms. The number of carbonyl (C=O) groups is 2. The van der Waals surface area contributed by atoms with Crippen LogP contribution in [0.25, 0.3) is 0 Å². The maximum absolute atomic E-state index is 11.7. The van der Waals surface area contributed by atoms with Crippen LogP contribution in [0.2, 0.25) is 0 Å². The molecule has 1 rings (SSSR count). The predicted octanol–water partition coefficient (Wildman–Crippen LogP) is 2.48. The van der Waals surface area contributed by atoms with E-state index < -0.39 is 40.6 Å². The van der Waals surface area contributed by atoms with Gasteiger partial charge in [0, 0.05) is 12.1 Å². The highest BCUT2D eigenvalue weighted by atomic mass is 35.5. The number of alkyl halides is 2. The number of carbonyl (C=O) groups excluding carboxylic acids is 2. The molecule has 1 amide bonds. The largest absolute Gasteiger partial charge is 0.508 e. The van der Waals surface area contributed by atoms with Crippen LogP contribution >= 0.6 is 23.2 Å². The molecule has 0 saturated heterocycles. The monoisotopic (exact) mass is 408 g/mol. The lowest BCUT2D eigenvalue weighted by atomic mass is 10.0. The van der Waals surface area contributed by atoms with Crippen molar-refractivity contribution in [2.24, 2.45) is 0 Å². The average Bonchev–Trinajstić information content (AvgIpc) is 2.62. The Morgan fingerprint density at radius 3 is 2.38 bits per heavy atom. The van der Waals surface area contributed by atoms with Gasteiger partial charge in [-0.05, 0) is 24.1 Å². The van der Waals surface area contributed by atoms with Gasteiger partial charge in [-0.3, -0.25) is 14.9 Å². The quantitative estimate of drug-likeness (QED) is 0.278. The zero-order valence-corrected chi connectivity index (χ0v) is 15.3. The molecule has 1 aromatic carbocycles. The Morgan fingerprint density at radius 1 is 1.27 bits per heavy atom. The highest BCUT2D eigenvalue weighted by molar-refractivity contribution is 6.53. The SMILES string of the molecule is CCCOC(=O)OC[C@@H](NC(=O)C(Cl)Cl)[C@H](O)c1ccc([N+](=O)[O-])cc1. The molecule has 0 unspecified atom stereocenters. The minimum atomic E-state index is -1.39. The van der Waals surface area contributed by atoms with Crippen molar-refractivity contribution in [1.29, 1.82) is 0 Å². The number of aliphatic hydroxyl groups is 1. The second-order valence-electron chi connectivity index (χ2n) is 5.12. The molecule has 144 valence electrons. The van der Waals surface area contributed by atoms with E-state index in [4.69, 9.17) is 32.7 Å². The van der Waals surface area contributed by atoms with Gasteiger partial charge in [0.15, 0.2) is 4.84 Å². The van der Waals surface area contributed by atoms with Crippen LogP contribution in [0.1, 0.15) is 25.0 Å². The molecule has 0 saturated carbocycles.